The number of carbonyl (C=O) groups is 2. The number of hydroxylamine groups is 1. The van der Waals surface area contributed by atoms with Crippen LogP contribution in [0.1, 0.15) is 23.7 Å². The maximum Gasteiger partial charge on any atom is 0.490 e. The van der Waals surface area contributed by atoms with Crippen LogP contribution in [0.4, 0.5) is 32.0 Å². The Morgan fingerprint density at radius 1 is 1.12 bits per heavy atom. The molecule has 0 aliphatic rings. The van der Waals surface area contributed by atoms with Crippen molar-refractivity contribution in [3.63, 3.8) is 0 Å². The molecule has 0 radical (unpaired) electrons. The molecule has 0 spiro atoms. The number of carbonyl (C=O) groups excluding carboxylic acids is 1. The summed E-state index contributed by atoms with van der Waals surface area (Å²) in [7, 11) is -4.58. The predicted molar refractivity (Wildman–Crippen MR) is 125 cm³/mol. The van der Waals surface area contributed by atoms with Crippen molar-refractivity contribution < 1.29 is 54.3 Å². The lowest BCUT2D eigenvalue weighted by Crippen LogP contribution is -2.38. The molecule has 1 aromatic carbocycles. The van der Waals surface area contributed by atoms with Gasteiger partial charge in [0.1, 0.15) is 11.7 Å². The minimum absolute atomic E-state index is 0.139. The zero-order valence-electron chi connectivity index (χ0n) is 20.1. The van der Waals surface area contributed by atoms with E-state index in [0.29, 0.717) is 12.1 Å². The van der Waals surface area contributed by atoms with Crippen LogP contribution in [-0.4, -0.2) is 48.7 Å². The van der Waals surface area contributed by atoms with E-state index in [1.807, 2.05) is 10.2 Å². The first-order valence-corrected chi connectivity index (χ1v) is 11.9. The van der Waals surface area contributed by atoms with Gasteiger partial charge in [-0.25, -0.2) is 18.7 Å². The number of carboxylic acids is 1. The smallest absolute Gasteiger partial charge is 0.475 e. The molecule has 2 aromatic rings. The monoisotopic (exact) mass is 604 g/mol. The van der Waals surface area contributed by atoms with Crippen LogP contribution in [0.3, 0.4) is 0 Å². The highest BCUT2D eigenvalue weighted by Crippen LogP contribution is 2.30. The summed E-state index contributed by atoms with van der Waals surface area (Å²) >= 11 is 0. The summed E-state index contributed by atoms with van der Waals surface area (Å²) in [4.78, 5) is 38.0. The highest BCUT2D eigenvalue weighted by molar-refractivity contribution is 7.92. The number of pyridine rings is 1. The zero-order valence-corrected chi connectivity index (χ0v) is 20.9. The van der Waals surface area contributed by atoms with Crippen molar-refractivity contribution >= 4 is 33.5 Å². The molecule has 8 N–H and O–H groups in total. The quantitative estimate of drug-likeness (QED) is 0.0801. The SMILES string of the molecule is Cc1ccc(NS(=O)(=O)c2cccc(C(F)(F)F)c2)c(=O)n1C(CCONC(=N)N)C(N)=O.O=C(O)C(F)(F)F. The second-order valence-electron chi connectivity index (χ2n) is 7.57. The van der Waals surface area contributed by atoms with Crippen LogP contribution < -0.4 is 27.2 Å². The fourth-order valence-corrected chi connectivity index (χ4v) is 3.95. The Kier molecular flexibility index (Phi) is 11.1. The van der Waals surface area contributed by atoms with Gasteiger partial charge in [-0.3, -0.25) is 29.1 Å². The van der Waals surface area contributed by atoms with E-state index in [9.17, 15) is 44.3 Å². The molecular formula is C20H22F6N6O7S. The second-order valence-corrected chi connectivity index (χ2v) is 9.25. The van der Waals surface area contributed by atoms with E-state index in [1.54, 1.807) is 0 Å². The lowest BCUT2D eigenvalue weighted by molar-refractivity contribution is -0.192. The number of hydrogen-bond acceptors (Lipinski definition) is 7. The molecule has 1 heterocycles. The minimum atomic E-state index is -5.08. The molecule has 0 bridgehead atoms. The van der Waals surface area contributed by atoms with Gasteiger partial charge in [0.15, 0.2) is 0 Å². The molecule has 1 aromatic heterocycles. The molecule has 0 aliphatic heterocycles. The average molecular weight is 604 g/mol. The molecule has 1 atom stereocenters. The molecule has 0 saturated carbocycles. The molecule has 0 aliphatic carbocycles. The summed E-state index contributed by atoms with van der Waals surface area (Å²) in [5.41, 5.74) is 10.1. The van der Waals surface area contributed by atoms with E-state index >= 15 is 0 Å². The van der Waals surface area contributed by atoms with Gasteiger partial charge in [-0.05, 0) is 37.3 Å². The first-order chi connectivity index (χ1) is 18.2. The molecule has 40 heavy (non-hydrogen) atoms. The summed E-state index contributed by atoms with van der Waals surface area (Å²) in [5, 5.41) is 14.1. The highest BCUT2D eigenvalue weighted by atomic mass is 32.2. The number of anilines is 1. The number of amides is 1. The van der Waals surface area contributed by atoms with E-state index in [0.717, 1.165) is 22.8 Å². The lowest BCUT2D eigenvalue weighted by Gasteiger charge is -2.20. The third-order valence-corrected chi connectivity index (χ3v) is 5.96. The number of hydrogen-bond donors (Lipinski definition) is 6. The highest BCUT2D eigenvalue weighted by Gasteiger charge is 2.38. The van der Waals surface area contributed by atoms with Gasteiger partial charge in [-0.2, -0.15) is 26.3 Å². The largest absolute Gasteiger partial charge is 0.490 e. The molecule has 0 saturated heterocycles. The van der Waals surface area contributed by atoms with E-state index in [4.69, 9.17) is 31.6 Å². The first kappa shape index (κ1) is 33.7. The van der Waals surface area contributed by atoms with Gasteiger partial charge in [0.2, 0.25) is 11.9 Å². The number of primary amides is 1. The number of guanidine groups is 1. The number of carboxylic acid groups (broad SMARTS) is 1. The molecule has 0 fully saturated rings. The number of aliphatic carboxylic acids is 1. The Balaban J connectivity index is 0.00000101. The molecule has 1 unspecified atom stereocenters. The number of benzene rings is 1. The van der Waals surface area contributed by atoms with Crippen LogP contribution in [0.25, 0.3) is 0 Å². The lowest BCUT2D eigenvalue weighted by atomic mass is 10.1. The average Bonchev–Trinajstić information content (AvgIpc) is 2.81. The molecule has 13 nitrogen and oxygen atoms in total. The number of aromatic nitrogens is 1. The number of rotatable bonds is 9. The van der Waals surface area contributed by atoms with Crippen molar-refractivity contribution in [3.8, 4) is 0 Å². The molecule has 2 rings (SSSR count). The number of halogens is 6. The van der Waals surface area contributed by atoms with Crippen LogP contribution in [0.5, 0.6) is 0 Å². The fraction of sp³-hybridized carbons (Fsp3) is 0.300. The van der Waals surface area contributed by atoms with E-state index in [-0.39, 0.29) is 18.7 Å². The molecular weight excluding hydrogens is 582 g/mol. The standard InChI is InChI=1S/C18H21F3N6O5S.C2HF3O2/c1-10-5-6-13(16(29)27(10)14(15(22)28)7-8-32-25-17(23)24)26-33(30,31)12-4-2-3-11(9-12)18(19,20)21;3-2(4,5)1(6)7/h2-6,9,14,26H,7-8H2,1H3,(H2,22,28)(H4,23,24,25);(H,6,7). The Bertz CT molecular complexity index is 1410. The Labute approximate surface area is 221 Å². The van der Waals surface area contributed by atoms with Gasteiger partial charge >= 0.3 is 18.3 Å². The van der Waals surface area contributed by atoms with E-state index in [1.165, 1.54) is 13.0 Å². The van der Waals surface area contributed by atoms with Crippen molar-refractivity contribution in [1.29, 1.82) is 5.41 Å². The summed E-state index contributed by atoms with van der Waals surface area (Å²) in [5.74, 6) is -4.18. The first-order valence-electron chi connectivity index (χ1n) is 10.4. The number of alkyl halides is 6. The number of nitrogens with zero attached hydrogens (tertiary/aromatic N) is 1. The molecule has 1 amide bonds. The van der Waals surface area contributed by atoms with E-state index < -0.39 is 68.0 Å². The Hall–Kier alpha value is -4.33. The van der Waals surface area contributed by atoms with E-state index in [2.05, 4.69) is 0 Å². The summed E-state index contributed by atoms with van der Waals surface area (Å²) < 4.78 is 98.7. The minimum Gasteiger partial charge on any atom is -0.475 e. The Morgan fingerprint density at radius 3 is 2.17 bits per heavy atom. The zero-order chi connectivity index (χ0) is 31.1. The van der Waals surface area contributed by atoms with Gasteiger partial charge in [0, 0.05) is 12.1 Å². The van der Waals surface area contributed by atoms with Crippen molar-refractivity contribution in [3.05, 3.63) is 58.0 Å². The number of nitrogens with two attached hydrogens (primary N) is 2. The molecule has 222 valence electrons. The van der Waals surface area contributed by atoms with Crippen molar-refractivity contribution in [1.82, 2.24) is 10.0 Å². The number of sulfonamides is 1. The van der Waals surface area contributed by atoms with Gasteiger partial charge in [0.25, 0.3) is 15.6 Å². The summed E-state index contributed by atoms with van der Waals surface area (Å²) in [6, 6.07) is 4.18. The van der Waals surface area contributed by atoms with Crippen LogP contribution >= 0.6 is 0 Å². The topological polar surface area (TPSA) is 220 Å². The van der Waals surface area contributed by atoms with Crippen LogP contribution in [0.15, 0.2) is 46.1 Å². The van der Waals surface area contributed by atoms with Gasteiger partial charge < -0.3 is 16.6 Å². The fourth-order valence-electron chi connectivity index (χ4n) is 2.85. The van der Waals surface area contributed by atoms with Crippen molar-refractivity contribution in [2.45, 2.75) is 36.6 Å². The normalized spacial score (nSPS) is 12.5. The number of nitrogens with one attached hydrogen (secondary N) is 3. The summed E-state index contributed by atoms with van der Waals surface area (Å²) in [6.07, 6.45) is -9.99. The van der Waals surface area contributed by atoms with Crippen LogP contribution in [0, 0.1) is 12.3 Å². The van der Waals surface area contributed by atoms with Gasteiger partial charge in [-0.15, -0.1) is 0 Å². The van der Waals surface area contributed by atoms with Crippen LogP contribution in [-0.2, 0) is 30.6 Å². The third-order valence-electron chi connectivity index (χ3n) is 4.59. The van der Waals surface area contributed by atoms with Crippen LogP contribution in [0.2, 0.25) is 0 Å². The second kappa shape index (κ2) is 13.2. The maximum absolute atomic E-state index is 12.9. The summed E-state index contributed by atoms with van der Waals surface area (Å²) in [6.45, 7) is 1.27. The third kappa shape index (κ3) is 9.76. The van der Waals surface area contributed by atoms with Gasteiger partial charge in [0.05, 0.1) is 17.1 Å². The molecule has 20 heteroatoms. The Morgan fingerprint density at radius 2 is 1.70 bits per heavy atom. The van der Waals surface area contributed by atoms with Crippen molar-refractivity contribution in [2.75, 3.05) is 11.3 Å². The van der Waals surface area contributed by atoms with Gasteiger partial charge in [-0.1, -0.05) is 6.07 Å². The maximum atomic E-state index is 12.9. The van der Waals surface area contributed by atoms with Crippen molar-refractivity contribution in [2.24, 2.45) is 11.5 Å². The predicted octanol–water partition coefficient (Wildman–Crippen LogP) is 1.44. The number of aryl methyl sites for hydroxylation is 1.